The van der Waals surface area contributed by atoms with E-state index in [9.17, 15) is 5.11 Å². The first-order chi connectivity index (χ1) is 9.75. The van der Waals surface area contributed by atoms with Gasteiger partial charge in [-0.05, 0) is 30.4 Å². The van der Waals surface area contributed by atoms with Crippen molar-refractivity contribution < 1.29 is 5.11 Å². The summed E-state index contributed by atoms with van der Waals surface area (Å²) in [5.41, 5.74) is 2.16. The SMILES string of the molecule is Oc1c(Cl)cccc1CNC(c1ccccc1)C1CC1. The minimum Gasteiger partial charge on any atom is -0.506 e. The van der Waals surface area contributed by atoms with E-state index in [4.69, 9.17) is 11.6 Å². The van der Waals surface area contributed by atoms with Gasteiger partial charge in [0.05, 0.1) is 5.02 Å². The third-order valence-electron chi connectivity index (χ3n) is 3.83. The number of aromatic hydroxyl groups is 1. The summed E-state index contributed by atoms with van der Waals surface area (Å²) in [6.45, 7) is 0.627. The number of benzene rings is 2. The highest BCUT2D eigenvalue weighted by Crippen LogP contribution is 2.41. The Morgan fingerprint density at radius 3 is 2.55 bits per heavy atom. The molecule has 0 aromatic heterocycles. The molecule has 104 valence electrons. The van der Waals surface area contributed by atoms with E-state index in [0.717, 1.165) is 5.56 Å². The molecule has 2 aromatic carbocycles. The second kappa shape index (κ2) is 5.86. The quantitative estimate of drug-likeness (QED) is 0.860. The second-order valence-electron chi connectivity index (χ2n) is 5.35. The van der Waals surface area contributed by atoms with Crippen molar-refractivity contribution in [1.82, 2.24) is 5.32 Å². The fourth-order valence-corrected chi connectivity index (χ4v) is 2.76. The van der Waals surface area contributed by atoms with Gasteiger partial charge in [-0.15, -0.1) is 0 Å². The van der Waals surface area contributed by atoms with Gasteiger partial charge in [0.2, 0.25) is 0 Å². The van der Waals surface area contributed by atoms with Crippen LogP contribution >= 0.6 is 11.6 Å². The van der Waals surface area contributed by atoms with Crippen molar-refractivity contribution in [3.63, 3.8) is 0 Å². The van der Waals surface area contributed by atoms with Gasteiger partial charge in [-0.2, -0.15) is 0 Å². The van der Waals surface area contributed by atoms with Gasteiger partial charge in [0.25, 0.3) is 0 Å². The number of nitrogens with one attached hydrogen (secondary N) is 1. The zero-order chi connectivity index (χ0) is 13.9. The molecule has 2 aromatic rings. The molecule has 0 amide bonds. The highest BCUT2D eigenvalue weighted by atomic mass is 35.5. The highest BCUT2D eigenvalue weighted by molar-refractivity contribution is 6.32. The average Bonchev–Trinajstić information content (AvgIpc) is 3.29. The predicted molar refractivity (Wildman–Crippen MR) is 81.9 cm³/mol. The number of hydrogen-bond donors (Lipinski definition) is 2. The van der Waals surface area contributed by atoms with E-state index in [1.807, 2.05) is 18.2 Å². The lowest BCUT2D eigenvalue weighted by Crippen LogP contribution is -2.22. The maximum Gasteiger partial charge on any atom is 0.138 e. The lowest BCUT2D eigenvalue weighted by molar-refractivity contribution is 0.446. The smallest absolute Gasteiger partial charge is 0.138 e. The normalized spacial score (nSPS) is 16.1. The van der Waals surface area contributed by atoms with E-state index in [1.165, 1.54) is 18.4 Å². The minimum atomic E-state index is 0.185. The molecule has 0 bridgehead atoms. The summed E-state index contributed by atoms with van der Waals surface area (Å²) in [6.07, 6.45) is 2.54. The van der Waals surface area contributed by atoms with Gasteiger partial charge in [0.15, 0.2) is 0 Å². The molecule has 0 spiro atoms. The van der Waals surface area contributed by atoms with Gasteiger partial charge in [-0.1, -0.05) is 54.1 Å². The van der Waals surface area contributed by atoms with Gasteiger partial charge < -0.3 is 10.4 Å². The Labute approximate surface area is 124 Å². The average molecular weight is 288 g/mol. The monoisotopic (exact) mass is 287 g/mol. The van der Waals surface area contributed by atoms with E-state index < -0.39 is 0 Å². The number of halogens is 1. The van der Waals surface area contributed by atoms with Crippen LogP contribution in [0.3, 0.4) is 0 Å². The Kier molecular flexibility index (Phi) is 3.95. The molecule has 2 N–H and O–H groups in total. The number of para-hydroxylation sites is 1. The van der Waals surface area contributed by atoms with Gasteiger partial charge in [0, 0.05) is 18.2 Å². The topological polar surface area (TPSA) is 32.3 Å². The lowest BCUT2D eigenvalue weighted by atomic mass is 10.0. The van der Waals surface area contributed by atoms with Gasteiger partial charge in [-0.3, -0.25) is 0 Å². The first-order valence-corrected chi connectivity index (χ1v) is 7.38. The molecular weight excluding hydrogens is 270 g/mol. The van der Waals surface area contributed by atoms with Crippen molar-refractivity contribution in [3.05, 3.63) is 64.7 Å². The molecule has 0 radical (unpaired) electrons. The Hall–Kier alpha value is -1.51. The minimum absolute atomic E-state index is 0.185. The Morgan fingerprint density at radius 2 is 1.85 bits per heavy atom. The summed E-state index contributed by atoms with van der Waals surface area (Å²) >= 11 is 5.94. The van der Waals surface area contributed by atoms with Crippen LogP contribution in [-0.2, 0) is 6.54 Å². The summed E-state index contributed by atoms with van der Waals surface area (Å²) in [5, 5.41) is 13.9. The van der Waals surface area contributed by atoms with E-state index in [0.29, 0.717) is 23.5 Å². The molecule has 0 saturated heterocycles. The lowest BCUT2D eigenvalue weighted by Gasteiger charge is -2.19. The first kappa shape index (κ1) is 13.5. The van der Waals surface area contributed by atoms with Gasteiger partial charge >= 0.3 is 0 Å². The van der Waals surface area contributed by atoms with Crippen molar-refractivity contribution in [2.45, 2.75) is 25.4 Å². The fourth-order valence-electron chi connectivity index (χ4n) is 2.57. The van der Waals surface area contributed by atoms with Crippen LogP contribution in [0.4, 0.5) is 0 Å². The Bertz CT molecular complexity index is 581. The zero-order valence-electron chi connectivity index (χ0n) is 11.2. The zero-order valence-corrected chi connectivity index (χ0v) is 12.0. The van der Waals surface area contributed by atoms with Crippen molar-refractivity contribution >= 4 is 11.6 Å². The number of hydrogen-bond acceptors (Lipinski definition) is 2. The summed E-state index contributed by atoms with van der Waals surface area (Å²) in [7, 11) is 0. The van der Waals surface area contributed by atoms with Crippen molar-refractivity contribution in [2.75, 3.05) is 0 Å². The summed E-state index contributed by atoms with van der Waals surface area (Å²) < 4.78 is 0. The third kappa shape index (κ3) is 2.97. The van der Waals surface area contributed by atoms with Crippen LogP contribution in [0.25, 0.3) is 0 Å². The second-order valence-corrected chi connectivity index (χ2v) is 5.76. The number of rotatable bonds is 5. The molecule has 0 aliphatic heterocycles. The van der Waals surface area contributed by atoms with E-state index in [2.05, 4.69) is 29.6 Å². The van der Waals surface area contributed by atoms with E-state index >= 15 is 0 Å². The molecule has 1 aliphatic rings. The van der Waals surface area contributed by atoms with Crippen LogP contribution < -0.4 is 5.32 Å². The molecule has 3 rings (SSSR count). The number of phenolic OH excluding ortho intramolecular Hbond substituents is 1. The van der Waals surface area contributed by atoms with Crippen LogP contribution in [-0.4, -0.2) is 5.11 Å². The molecule has 0 heterocycles. The van der Waals surface area contributed by atoms with Crippen LogP contribution in [0, 0.1) is 5.92 Å². The van der Waals surface area contributed by atoms with Crippen molar-refractivity contribution in [3.8, 4) is 5.75 Å². The molecule has 3 heteroatoms. The molecule has 1 aliphatic carbocycles. The predicted octanol–water partition coefficient (Wildman–Crippen LogP) is 4.29. The van der Waals surface area contributed by atoms with Crippen molar-refractivity contribution in [2.24, 2.45) is 5.92 Å². The van der Waals surface area contributed by atoms with Crippen LogP contribution in [0.2, 0.25) is 5.02 Å². The molecular formula is C17H18ClNO. The van der Waals surface area contributed by atoms with E-state index in [1.54, 1.807) is 6.07 Å². The molecule has 1 saturated carbocycles. The molecule has 2 nitrogen and oxygen atoms in total. The van der Waals surface area contributed by atoms with E-state index in [-0.39, 0.29) is 5.75 Å². The summed E-state index contributed by atoms with van der Waals surface area (Å²) in [6, 6.07) is 16.3. The molecule has 1 atom stereocenters. The van der Waals surface area contributed by atoms with Gasteiger partial charge in [0.1, 0.15) is 5.75 Å². The summed E-state index contributed by atoms with van der Waals surface area (Å²) in [5.74, 6) is 0.892. The molecule has 1 fully saturated rings. The number of phenols is 1. The first-order valence-electron chi connectivity index (χ1n) is 7.00. The maximum absolute atomic E-state index is 9.96. The standard InChI is InChI=1S/C17H18ClNO/c18-15-8-4-7-14(17(15)20)11-19-16(13-9-10-13)12-5-2-1-3-6-12/h1-8,13,16,19-20H,9-11H2. The van der Waals surface area contributed by atoms with Crippen LogP contribution in [0.5, 0.6) is 5.75 Å². The van der Waals surface area contributed by atoms with Crippen LogP contribution in [0.1, 0.15) is 30.0 Å². The molecule has 20 heavy (non-hydrogen) atoms. The Morgan fingerprint density at radius 1 is 1.10 bits per heavy atom. The summed E-state index contributed by atoms with van der Waals surface area (Å²) in [4.78, 5) is 0. The third-order valence-corrected chi connectivity index (χ3v) is 4.14. The van der Waals surface area contributed by atoms with Crippen molar-refractivity contribution in [1.29, 1.82) is 0 Å². The Balaban J connectivity index is 1.73. The van der Waals surface area contributed by atoms with Gasteiger partial charge in [-0.25, -0.2) is 0 Å². The highest BCUT2D eigenvalue weighted by Gasteiger charge is 2.31. The molecule has 1 unspecified atom stereocenters. The fraction of sp³-hybridized carbons (Fsp3) is 0.294. The largest absolute Gasteiger partial charge is 0.506 e. The maximum atomic E-state index is 9.96. The van der Waals surface area contributed by atoms with Crippen LogP contribution in [0.15, 0.2) is 48.5 Å².